The Labute approximate surface area is 136 Å². The molecule has 2 aromatic carbocycles. The molecule has 0 saturated heterocycles. The van der Waals surface area contributed by atoms with E-state index >= 15 is 0 Å². The van der Waals surface area contributed by atoms with Gasteiger partial charge in [-0.25, -0.2) is 4.68 Å². The average Bonchev–Trinajstić information content (AvgIpc) is 2.55. The lowest BCUT2D eigenvalue weighted by molar-refractivity contribution is -0.114. The van der Waals surface area contributed by atoms with E-state index in [2.05, 4.69) is 15.6 Å². The van der Waals surface area contributed by atoms with Crippen LogP contribution in [0.3, 0.4) is 0 Å². The van der Waals surface area contributed by atoms with Gasteiger partial charge in [0.1, 0.15) is 5.52 Å². The van der Waals surface area contributed by atoms with E-state index in [0.717, 1.165) is 10.6 Å². The number of hydrogen-bond donors (Lipinski definition) is 1. The Balaban J connectivity index is 1.74. The second-order valence-corrected chi connectivity index (χ2v) is 5.91. The number of nitrogens with one attached hydrogen (secondary N) is 1. The Morgan fingerprint density at radius 3 is 2.65 bits per heavy atom. The van der Waals surface area contributed by atoms with Gasteiger partial charge in [-0.1, -0.05) is 17.3 Å². The van der Waals surface area contributed by atoms with E-state index in [1.165, 1.54) is 23.4 Å². The van der Waals surface area contributed by atoms with Crippen molar-refractivity contribution < 1.29 is 4.79 Å². The molecular formula is C16H14N4O2S. The summed E-state index contributed by atoms with van der Waals surface area (Å²) in [7, 11) is 0. The minimum Gasteiger partial charge on any atom is -0.326 e. The molecule has 0 aliphatic carbocycles. The van der Waals surface area contributed by atoms with Crippen LogP contribution < -0.4 is 10.9 Å². The van der Waals surface area contributed by atoms with Gasteiger partial charge in [0.05, 0.1) is 11.3 Å². The van der Waals surface area contributed by atoms with Crippen molar-refractivity contribution in [1.82, 2.24) is 15.0 Å². The van der Waals surface area contributed by atoms with Gasteiger partial charge in [0.2, 0.25) is 5.91 Å². The summed E-state index contributed by atoms with van der Waals surface area (Å²) in [4.78, 5) is 24.3. The Morgan fingerprint density at radius 2 is 1.91 bits per heavy atom. The van der Waals surface area contributed by atoms with Gasteiger partial charge in [-0.05, 0) is 36.4 Å². The SMILES string of the molecule is CC(=O)Nc1ccc(SCn2nnc3ccccc3c2=O)cc1. The van der Waals surface area contributed by atoms with E-state index in [0.29, 0.717) is 16.8 Å². The molecule has 3 rings (SSSR count). The van der Waals surface area contributed by atoms with Gasteiger partial charge in [-0.2, -0.15) is 0 Å². The van der Waals surface area contributed by atoms with Crippen LogP contribution in [0.25, 0.3) is 10.9 Å². The van der Waals surface area contributed by atoms with Gasteiger partial charge in [-0.3, -0.25) is 9.59 Å². The molecule has 1 heterocycles. The number of amides is 1. The summed E-state index contributed by atoms with van der Waals surface area (Å²) in [6, 6.07) is 14.6. The lowest BCUT2D eigenvalue weighted by Crippen LogP contribution is -2.23. The van der Waals surface area contributed by atoms with Crippen molar-refractivity contribution in [2.24, 2.45) is 0 Å². The Bertz CT molecular complexity index is 906. The third-order valence-corrected chi connectivity index (χ3v) is 4.14. The molecule has 23 heavy (non-hydrogen) atoms. The number of carbonyl (C=O) groups excluding carboxylic acids is 1. The number of aromatic nitrogens is 3. The third-order valence-electron chi connectivity index (χ3n) is 3.16. The largest absolute Gasteiger partial charge is 0.326 e. The van der Waals surface area contributed by atoms with E-state index in [9.17, 15) is 9.59 Å². The summed E-state index contributed by atoms with van der Waals surface area (Å²) in [5.41, 5.74) is 1.18. The molecule has 0 spiro atoms. The zero-order valence-corrected chi connectivity index (χ0v) is 13.2. The smallest absolute Gasteiger partial charge is 0.278 e. The summed E-state index contributed by atoms with van der Waals surface area (Å²) < 4.78 is 1.34. The molecule has 1 aromatic heterocycles. The standard InChI is InChI=1S/C16H14N4O2S/c1-11(21)17-12-6-8-13(9-7-12)23-10-20-16(22)14-4-2-3-5-15(14)18-19-20/h2-9H,10H2,1H3,(H,17,21). The first kappa shape index (κ1) is 15.2. The fourth-order valence-electron chi connectivity index (χ4n) is 2.08. The molecule has 0 aliphatic rings. The molecule has 0 fully saturated rings. The maximum atomic E-state index is 12.3. The van der Waals surface area contributed by atoms with E-state index in [-0.39, 0.29) is 11.5 Å². The Hall–Kier alpha value is -2.67. The normalized spacial score (nSPS) is 10.7. The van der Waals surface area contributed by atoms with Crippen molar-refractivity contribution in [2.45, 2.75) is 17.7 Å². The lowest BCUT2D eigenvalue weighted by Gasteiger charge is -2.06. The quantitative estimate of drug-likeness (QED) is 0.745. The molecular weight excluding hydrogens is 312 g/mol. The fourth-order valence-corrected chi connectivity index (χ4v) is 2.85. The minimum atomic E-state index is -0.155. The van der Waals surface area contributed by atoms with Crippen molar-refractivity contribution in [3.05, 3.63) is 58.9 Å². The number of carbonyl (C=O) groups is 1. The number of thioether (sulfide) groups is 1. The highest BCUT2D eigenvalue weighted by atomic mass is 32.2. The number of anilines is 1. The van der Waals surface area contributed by atoms with Crippen molar-refractivity contribution in [2.75, 3.05) is 5.32 Å². The molecule has 0 radical (unpaired) electrons. The number of fused-ring (bicyclic) bond motifs is 1. The monoisotopic (exact) mass is 326 g/mol. The van der Waals surface area contributed by atoms with Crippen LogP contribution in [-0.2, 0) is 10.7 Å². The molecule has 1 amide bonds. The maximum absolute atomic E-state index is 12.3. The van der Waals surface area contributed by atoms with Crippen molar-refractivity contribution in [3.63, 3.8) is 0 Å². The average molecular weight is 326 g/mol. The summed E-state index contributed by atoms with van der Waals surface area (Å²) in [5, 5.41) is 11.3. The van der Waals surface area contributed by atoms with Crippen LogP contribution in [-0.4, -0.2) is 20.9 Å². The molecule has 3 aromatic rings. The van der Waals surface area contributed by atoms with Gasteiger partial charge < -0.3 is 5.32 Å². The zero-order valence-electron chi connectivity index (χ0n) is 12.4. The van der Waals surface area contributed by atoms with Crippen molar-refractivity contribution in [1.29, 1.82) is 0 Å². The molecule has 0 aliphatic heterocycles. The van der Waals surface area contributed by atoms with E-state index in [4.69, 9.17) is 0 Å². The first-order valence-electron chi connectivity index (χ1n) is 6.96. The molecule has 0 unspecified atom stereocenters. The highest BCUT2D eigenvalue weighted by molar-refractivity contribution is 7.98. The molecule has 6 nitrogen and oxygen atoms in total. The molecule has 1 N–H and O–H groups in total. The van der Waals surface area contributed by atoms with Gasteiger partial charge in [-0.15, -0.1) is 16.9 Å². The second-order valence-electron chi connectivity index (χ2n) is 4.89. The number of benzene rings is 2. The lowest BCUT2D eigenvalue weighted by atomic mass is 10.2. The topological polar surface area (TPSA) is 76.9 Å². The van der Waals surface area contributed by atoms with Crippen LogP contribution in [0.15, 0.2) is 58.2 Å². The first-order valence-corrected chi connectivity index (χ1v) is 7.95. The fraction of sp³-hybridized carbons (Fsp3) is 0.125. The molecule has 7 heteroatoms. The Kier molecular flexibility index (Phi) is 4.38. The van der Waals surface area contributed by atoms with Crippen LogP contribution in [0.2, 0.25) is 0 Å². The molecule has 0 atom stereocenters. The summed E-state index contributed by atoms with van der Waals surface area (Å²) >= 11 is 1.47. The Morgan fingerprint density at radius 1 is 1.17 bits per heavy atom. The van der Waals surface area contributed by atoms with Gasteiger partial charge in [0.25, 0.3) is 5.56 Å². The number of nitrogens with zero attached hydrogens (tertiary/aromatic N) is 3. The minimum absolute atomic E-state index is 0.108. The van der Waals surface area contributed by atoms with E-state index < -0.39 is 0 Å². The second kappa shape index (κ2) is 6.62. The summed E-state index contributed by atoms with van der Waals surface area (Å²) in [6.45, 7) is 1.47. The number of rotatable bonds is 4. The van der Waals surface area contributed by atoms with Crippen LogP contribution in [0.5, 0.6) is 0 Å². The predicted octanol–water partition coefficient (Wildman–Crippen LogP) is 2.50. The third kappa shape index (κ3) is 3.57. The number of hydrogen-bond acceptors (Lipinski definition) is 5. The van der Waals surface area contributed by atoms with Crippen molar-refractivity contribution in [3.8, 4) is 0 Å². The van der Waals surface area contributed by atoms with E-state index in [1.807, 2.05) is 36.4 Å². The molecule has 0 saturated carbocycles. The highest BCUT2D eigenvalue weighted by Crippen LogP contribution is 2.21. The zero-order chi connectivity index (χ0) is 16.2. The summed E-state index contributed by atoms with van der Waals surface area (Å²) in [6.07, 6.45) is 0. The van der Waals surface area contributed by atoms with E-state index in [1.54, 1.807) is 12.1 Å². The van der Waals surface area contributed by atoms with Crippen LogP contribution >= 0.6 is 11.8 Å². The van der Waals surface area contributed by atoms with Gasteiger partial charge in [0, 0.05) is 17.5 Å². The molecule has 116 valence electrons. The highest BCUT2D eigenvalue weighted by Gasteiger charge is 2.05. The first-order chi connectivity index (χ1) is 11.1. The van der Waals surface area contributed by atoms with Crippen molar-refractivity contribution >= 4 is 34.3 Å². The predicted molar refractivity (Wildman–Crippen MR) is 90.4 cm³/mol. The maximum Gasteiger partial charge on any atom is 0.278 e. The van der Waals surface area contributed by atoms with Crippen LogP contribution in [0, 0.1) is 0 Å². The van der Waals surface area contributed by atoms with Gasteiger partial charge in [0.15, 0.2) is 0 Å². The van der Waals surface area contributed by atoms with Crippen LogP contribution in [0.4, 0.5) is 5.69 Å². The summed E-state index contributed by atoms with van der Waals surface area (Å²) in [5.74, 6) is 0.263. The van der Waals surface area contributed by atoms with Gasteiger partial charge >= 0.3 is 0 Å². The van der Waals surface area contributed by atoms with Crippen LogP contribution in [0.1, 0.15) is 6.92 Å². The molecule has 0 bridgehead atoms.